The predicted molar refractivity (Wildman–Crippen MR) is 138 cm³/mol. The van der Waals surface area contributed by atoms with Crippen LogP contribution in [-0.2, 0) is 4.79 Å². The molecule has 6 nitrogen and oxygen atoms in total. The Morgan fingerprint density at radius 1 is 1.03 bits per heavy atom. The highest BCUT2D eigenvalue weighted by Gasteiger charge is 2.41. The summed E-state index contributed by atoms with van der Waals surface area (Å²) in [7, 11) is 0. The lowest BCUT2D eigenvalue weighted by Crippen LogP contribution is -2.33. The highest BCUT2D eigenvalue weighted by atomic mass is 32.1. The second-order valence-electron chi connectivity index (χ2n) is 8.27. The smallest absolute Gasteiger partial charge is 0.226 e. The van der Waals surface area contributed by atoms with Gasteiger partial charge in [-0.1, -0.05) is 30.3 Å². The first-order valence-corrected chi connectivity index (χ1v) is 11.8. The van der Waals surface area contributed by atoms with Crippen LogP contribution in [0.4, 0.5) is 10.1 Å². The number of carbonyl (C=O) groups excluding carboxylic acids is 1. The average Bonchev–Trinajstić information content (AvgIpc) is 3.48. The number of hydrogen-bond donors (Lipinski definition) is 2. The van der Waals surface area contributed by atoms with Gasteiger partial charge in [0.2, 0.25) is 5.91 Å². The second kappa shape index (κ2) is 10.1. The lowest BCUT2D eigenvalue weighted by molar-refractivity contribution is -0.116. The molecule has 0 aliphatic carbocycles. The Morgan fingerprint density at radius 2 is 1.86 bits per heavy atom. The summed E-state index contributed by atoms with van der Waals surface area (Å²) in [6.07, 6.45) is 3.91. The zero-order valence-corrected chi connectivity index (χ0v) is 19.7. The molecule has 8 heteroatoms. The van der Waals surface area contributed by atoms with Crippen molar-refractivity contribution in [2.45, 2.75) is 18.5 Å². The lowest BCUT2D eigenvalue weighted by atomic mass is 10.0. The molecule has 0 radical (unpaired) electrons. The number of nitrogens with zero attached hydrogens (tertiary/aromatic N) is 3. The van der Waals surface area contributed by atoms with Gasteiger partial charge < -0.3 is 20.1 Å². The first-order valence-electron chi connectivity index (χ1n) is 11.4. The molecule has 0 unspecified atom stereocenters. The van der Waals surface area contributed by atoms with Gasteiger partial charge in [0.05, 0.1) is 17.8 Å². The van der Waals surface area contributed by atoms with E-state index < -0.39 is 0 Å². The van der Waals surface area contributed by atoms with E-state index in [2.05, 4.69) is 15.6 Å². The molecule has 1 saturated heterocycles. The van der Waals surface area contributed by atoms with Crippen LogP contribution in [-0.4, -0.2) is 32.0 Å². The van der Waals surface area contributed by atoms with Gasteiger partial charge >= 0.3 is 0 Å². The fourth-order valence-corrected chi connectivity index (χ4v) is 4.76. The molecule has 1 amide bonds. The van der Waals surface area contributed by atoms with Gasteiger partial charge in [0.1, 0.15) is 5.82 Å². The van der Waals surface area contributed by atoms with Crippen molar-refractivity contribution in [2.75, 3.05) is 11.9 Å². The highest BCUT2D eigenvalue weighted by Crippen LogP contribution is 2.39. The van der Waals surface area contributed by atoms with Crippen LogP contribution >= 0.6 is 12.2 Å². The maximum absolute atomic E-state index is 14.0. The van der Waals surface area contributed by atoms with Gasteiger partial charge in [-0.05, 0) is 66.8 Å². The molecule has 2 aromatic heterocycles. The third-order valence-electron chi connectivity index (χ3n) is 6.00. The molecule has 1 fully saturated rings. The summed E-state index contributed by atoms with van der Waals surface area (Å²) >= 11 is 5.72. The summed E-state index contributed by atoms with van der Waals surface area (Å²) < 4.78 is 16.0. The van der Waals surface area contributed by atoms with E-state index in [0.717, 1.165) is 17.1 Å². The number of pyridine rings is 1. The van der Waals surface area contributed by atoms with Gasteiger partial charge in [-0.2, -0.15) is 0 Å². The van der Waals surface area contributed by atoms with E-state index in [9.17, 15) is 9.18 Å². The molecule has 0 spiro atoms. The summed E-state index contributed by atoms with van der Waals surface area (Å²) in [6, 6.07) is 25.0. The minimum atomic E-state index is -0.307. The Bertz CT molecular complexity index is 1330. The third-order valence-corrected chi connectivity index (χ3v) is 6.36. The summed E-state index contributed by atoms with van der Waals surface area (Å²) in [6.45, 7) is 0.410. The van der Waals surface area contributed by atoms with Gasteiger partial charge in [-0.3, -0.25) is 9.78 Å². The molecule has 0 saturated carbocycles. The number of amides is 1. The normalized spacial score (nSPS) is 17.3. The molecule has 3 heterocycles. The van der Waals surface area contributed by atoms with Crippen molar-refractivity contribution >= 4 is 28.9 Å². The lowest BCUT2D eigenvalue weighted by Gasteiger charge is -2.28. The Morgan fingerprint density at radius 3 is 2.63 bits per heavy atom. The first kappa shape index (κ1) is 22.7. The number of nitrogens with one attached hydrogen (secondary N) is 2. The SMILES string of the molecule is O=C(CCN1C(=S)N[C@H](c2ccccn2)[C@H]1c1cccn1-c1cccc(F)c1)Nc1ccccc1. The minimum absolute atomic E-state index is 0.0976. The van der Waals surface area contributed by atoms with E-state index in [0.29, 0.717) is 17.3 Å². The van der Waals surface area contributed by atoms with Crippen LogP contribution in [0.5, 0.6) is 0 Å². The molecule has 1 aliphatic heterocycles. The predicted octanol–water partition coefficient (Wildman–Crippen LogP) is 5.01. The topological polar surface area (TPSA) is 62.2 Å². The quantitative estimate of drug-likeness (QED) is 0.360. The van der Waals surface area contributed by atoms with Gasteiger partial charge in [-0.25, -0.2) is 4.39 Å². The van der Waals surface area contributed by atoms with Crippen molar-refractivity contribution in [1.82, 2.24) is 19.8 Å². The Balaban J connectivity index is 1.45. The maximum Gasteiger partial charge on any atom is 0.226 e. The van der Waals surface area contributed by atoms with Crippen LogP contribution in [0, 0.1) is 5.82 Å². The number of carbonyl (C=O) groups is 1. The molecule has 2 atom stereocenters. The summed E-state index contributed by atoms with van der Waals surface area (Å²) in [5.74, 6) is -0.405. The van der Waals surface area contributed by atoms with Crippen LogP contribution in [0.1, 0.15) is 29.9 Å². The Labute approximate surface area is 208 Å². The molecular formula is C27H24FN5OS. The molecule has 35 heavy (non-hydrogen) atoms. The third kappa shape index (κ3) is 4.93. The molecule has 5 rings (SSSR count). The number of aromatic nitrogens is 2. The molecule has 4 aromatic rings. The van der Waals surface area contributed by atoms with E-state index >= 15 is 0 Å². The number of anilines is 1. The Hall–Kier alpha value is -4.04. The fraction of sp³-hybridized carbons (Fsp3) is 0.148. The van der Waals surface area contributed by atoms with E-state index in [1.54, 1.807) is 12.3 Å². The molecule has 1 aliphatic rings. The monoisotopic (exact) mass is 485 g/mol. The number of rotatable bonds is 7. The van der Waals surface area contributed by atoms with Gasteiger partial charge in [-0.15, -0.1) is 0 Å². The van der Waals surface area contributed by atoms with Crippen molar-refractivity contribution in [2.24, 2.45) is 0 Å². The van der Waals surface area contributed by atoms with E-state index in [1.807, 2.05) is 82.4 Å². The van der Waals surface area contributed by atoms with Crippen molar-refractivity contribution in [3.05, 3.63) is 115 Å². The van der Waals surface area contributed by atoms with Crippen molar-refractivity contribution < 1.29 is 9.18 Å². The van der Waals surface area contributed by atoms with Gasteiger partial charge in [0.25, 0.3) is 0 Å². The highest BCUT2D eigenvalue weighted by molar-refractivity contribution is 7.80. The number of thiocarbonyl (C=S) groups is 1. The van der Waals surface area contributed by atoms with E-state index in [-0.39, 0.29) is 30.2 Å². The summed E-state index contributed by atoms with van der Waals surface area (Å²) in [4.78, 5) is 19.3. The Kier molecular flexibility index (Phi) is 6.54. The first-order chi connectivity index (χ1) is 17.1. The number of hydrogen-bond acceptors (Lipinski definition) is 3. The zero-order chi connectivity index (χ0) is 24.2. The van der Waals surface area contributed by atoms with Gasteiger partial charge in [0, 0.05) is 42.4 Å². The van der Waals surface area contributed by atoms with Crippen molar-refractivity contribution in [3.63, 3.8) is 0 Å². The molecule has 176 valence electrons. The maximum atomic E-state index is 14.0. The van der Waals surface area contributed by atoms with Crippen LogP contribution in [0.15, 0.2) is 97.3 Å². The van der Waals surface area contributed by atoms with Crippen LogP contribution in [0.3, 0.4) is 0 Å². The standard InChI is InChI=1S/C27H24FN5OS/c28-19-8-6-11-21(18-19)32-16-7-13-23(32)26-25(22-12-4-5-15-29-22)31-27(35)33(26)17-14-24(34)30-20-9-2-1-3-10-20/h1-13,15-16,18,25-26H,14,17H2,(H,30,34)(H,31,35)/t25-,26-/m1/s1. The minimum Gasteiger partial charge on any atom is -0.352 e. The summed E-state index contributed by atoms with van der Waals surface area (Å²) in [5, 5.41) is 6.87. The number of para-hydroxylation sites is 1. The van der Waals surface area contributed by atoms with Crippen LogP contribution in [0.2, 0.25) is 0 Å². The largest absolute Gasteiger partial charge is 0.352 e. The summed E-state index contributed by atoms with van der Waals surface area (Å²) in [5.41, 5.74) is 3.22. The van der Waals surface area contributed by atoms with Gasteiger partial charge in [0.15, 0.2) is 5.11 Å². The molecule has 2 N–H and O–H groups in total. The van der Waals surface area contributed by atoms with Crippen LogP contribution in [0.25, 0.3) is 5.69 Å². The zero-order valence-electron chi connectivity index (χ0n) is 18.8. The van der Waals surface area contributed by atoms with Crippen LogP contribution < -0.4 is 10.6 Å². The molecule has 0 bridgehead atoms. The average molecular weight is 486 g/mol. The van der Waals surface area contributed by atoms with Crippen molar-refractivity contribution in [1.29, 1.82) is 0 Å². The molecule has 2 aromatic carbocycles. The van der Waals surface area contributed by atoms with E-state index in [1.165, 1.54) is 12.1 Å². The van der Waals surface area contributed by atoms with E-state index in [4.69, 9.17) is 12.2 Å². The number of benzene rings is 2. The van der Waals surface area contributed by atoms with Crippen molar-refractivity contribution in [3.8, 4) is 5.69 Å². The molecular weight excluding hydrogens is 461 g/mol. The second-order valence-corrected chi connectivity index (χ2v) is 8.65. The number of halogens is 1. The fourth-order valence-electron chi connectivity index (χ4n) is 4.43.